The first-order valence-corrected chi connectivity index (χ1v) is 10.2. The van der Waals surface area contributed by atoms with E-state index in [1.165, 1.54) is 35.4 Å². The molecule has 6 nitrogen and oxygen atoms in total. The van der Waals surface area contributed by atoms with Crippen molar-refractivity contribution in [3.63, 3.8) is 0 Å². The van der Waals surface area contributed by atoms with Crippen LogP contribution in [0.25, 0.3) is 0 Å². The number of halogens is 3. The Kier molecular flexibility index (Phi) is 7.22. The van der Waals surface area contributed by atoms with Gasteiger partial charge in [0.05, 0.1) is 10.6 Å². The van der Waals surface area contributed by atoms with Crippen molar-refractivity contribution in [3.8, 4) is 0 Å². The number of anilines is 1. The van der Waals surface area contributed by atoms with Crippen LogP contribution in [0.4, 0.5) is 10.2 Å². The number of nitrogens with zero attached hydrogens (tertiary/aromatic N) is 2. The molecule has 1 aromatic heterocycles. The summed E-state index contributed by atoms with van der Waals surface area (Å²) in [6.07, 6.45) is 1.18. The fourth-order valence-electron chi connectivity index (χ4n) is 2.96. The fourth-order valence-corrected chi connectivity index (χ4v) is 3.25. The second-order valence-corrected chi connectivity index (χ2v) is 8.03. The van der Waals surface area contributed by atoms with Crippen LogP contribution in [0.1, 0.15) is 31.8 Å². The Bertz CT molecular complexity index is 1200. The van der Waals surface area contributed by atoms with Gasteiger partial charge in [-0.25, -0.2) is 9.37 Å². The average Bonchev–Trinajstić information content (AvgIpc) is 2.75. The fraction of sp³-hybridized carbons (Fsp3) is 0.130. The molecule has 0 atom stereocenters. The molecule has 9 heteroatoms. The van der Waals surface area contributed by atoms with E-state index in [2.05, 4.69) is 10.3 Å². The molecular weight excluding hydrogens is 454 g/mol. The lowest BCUT2D eigenvalue weighted by molar-refractivity contribution is 0.0988. The van der Waals surface area contributed by atoms with Gasteiger partial charge in [-0.2, -0.15) is 0 Å². The second-order valence-electron chi connectivity index (χ2n) is 7.15. The monoisotopic (exact) mass is 472 g/mol. The van der Waals surface area contributed by atoms with E-state index < -0.39 is 17.5 Å². The topological polar surface area (TPSA) is 86.2 Å². The highest BCUT2D eigenvalue weighted by Crippen LogP contribution is 2.21. The highest BCUT2D eigenvalue weighted by Gasteiger charge is 2.19. The van der Waals surface area contributed by atoms with E-state index in [1.54, 1.807) is 32.3 Å². The molecule has 0 fully saturated rings. The maximum absolute atomic E-state index is 14.6. The minimum Gasteiger partial charge on any atom is -0.363 e. The van der Waals surface area contributed by atoms with Crippen LogP contribution in [-0.2, 0) is 6.42 Å². The predicted octanol–water partition coefficient (Wildman–Crippen LogP) is 5.09. The Morgan fingerprint density at radius 1 is 1.03 bits per heavy atom. The van der Waals surface area contributed by atoms with Crippen LogP contribution < -0.4 is 5.32 Å². The van der Waals surface area contributed by atoms with Crippen LogP contribution in [0.3, 0.4) is 0 Å². The van der Waals surface area contributed by atoms with Crippen molar-refractivity contribution in [1.29, 1.82) is 5.41 Å². The molecule has 0 aliphatic carbocycles. The van der Waals surface area contributed by atoms with Gasteiger partial charge in [-0.15, -0.1) is 0 Å². The molecule has 0 radical (unpaired) electrons. The van der Waals surface area contributed by atoms with Gasteiger partial charge in [0.1, 0.15) is 17.5 Å². The summed E-state index contributed by atoms with van der Waals surface area (Å²) in [6, 6.07) is 11.7. The summed E-state index contributed by atoms with van der Waals surface area (Å²) in [7, 11) is 3.35. The Balaban J connectivity index is 1.84. The minimum atomic E-state index is -0.732. The Morgan fingerprint density at radius 3 is 2.38 bits per heavy atom. The molecule has 2 N–H and O–H groups in total. The molecule has 0 aliphatic heterocycles. The lowest BCUT2D eigenvalue weighted by Crippen LogP contribution is -2.22. The normalized spacial score (nSPS) is 10.5. The molecule has 1 amide bonds. The number of rotatable bonds is 6. The van der Waals surface area contributed by atoms with Crippen molar-refractivity contribution in [2.45, 2.75) is 6.42 Å². The molecule has 3 aromatic rings. The highest BCUT2D eigenvalue weighted by molar-refractivity contribution is 6.31. The summed E-state index contributed by atoms with van der Waals surface area (Å²) < 4.78 is 14.6. The van der Waals surface area contributed by atoms with E-state index in [9.17, 15) is 14.0 Å². The van der Waals surface area contributed by atoms with Gasteiger partial charge in [0, 0.05) is 42.9 Å². The number of Topliss-reactive ketones (excluding diaryl/α,β-unsaturated/α-hetero) is 1. The number of benzene rings is 2. The molecule has 2 aromatic carbocycles. The Labute approximate surface area is 194 Å². The number of aromatic nitrogens is 1. The van der Waals surface area contributed by atoms with E-state index in [0.717, 1.165) is 6.07 Å². The third kappa shape index (κ3) is 5.49. The van der Waals surface area contributed by atoms with E-state index in [4.69, 9.17) is 28.6 Å². The number of pyridine rings is 1. The summed E-state index contributed by atoms with van der Waals surface area (Å²) in [5.74, 6) is -1.35. The van der Waals surface area contributed by atoms with Gasteiger partial charge in [-0.1, -0.05) is 35.3 Å². The van der Waals surface area contributed by atoms with Gasteiger partial charge in [0.2, 0.25) is 0 Å². The van der Waals surface area contributed by atoms with Gasteiger partial charge >= 0.3 is 0 Å². The molecule has 0 bridgehead atoms. The quantitative estimate of drug-likeness (QED) is 0.297. The zero-order chi connectivity index (χ0) is 23.4. The third-order valence-electron chi connectivity index (χ3n) is 4.63. The standard InChI is InChI=1S/C23H19Cl2FN4O2/c1-30(2)22(27)14-4-7-17(19(26)9-14)20(31)10-13-3-5-15(24)11-18(13)23(32)29-21-8-6-16(25)12-28-21/h3-9,11-12,27H,10H2,1-2H3,(H,28,29,32). The Hall–Kier alpha value is -3.29. The number of amidine groups is 1. The van der Waals surface area contributed by atoms with E-state index >= 15 is 0 Å². The summed E-state index contributed by atoms with van der Waals surface area (Å²) in [6.45, 7) is 0. The van der Waals surface area contributed by atoms with Crippen LogP contribution in [0, 0.1) is 11.2 Å². The lowest BCUT2D eigenvalue weighted by atomic mass is 9.97. The molecule has 0 spiro atoms. The lowest BCUT2D eigenvalue weighted by Gasteiger charge is -2.14. The van der Waals surface area contributed by atoms with Crippen molar-refractivity contribution in [2.75, 3.05) is 19.4 Å². The second kappa shape index (κ2) is 9.89. The van der Waals surface area contributed by atoms with E-state index in [0.29, 0.717) is 21.2 Å². The van der Waals surface area contributed by atoms with Gasteiger partial charge in [0.15, 0.2) is 5.78 Å². The van der Waals surface area contributed by atoms with Crippen molar-refractivity contribution in [1.82, 2.24) is 9.88 Å². The SMILES string of the molecule is CN(C)C(=N)c1ccc(C(=O)Cc2ccc(Cl)cc2C(=O)Nc2ccc(Cl)cn2)c(F)c1. The van der Waals surface area contributed by atoms with Crippen molar-refractivity contribution < 1.29 is 14.0 Å². The number of ketones is 1. The smallest absolute Gasteiger partial charge is 0.257 e. The van der Waals surface area contributed by atoms with E-state index in [-0.39, 0.29) is 29.2 Å². The first-order chi connectivity index (χ1) is 15.2. The summed E-state index contributed by atoms with van der Waals surface area (Å²) in [5, 5.41) is 11.3. The van der Waals surface area contributed by atoms with Gasteiger partial charge in [-0.05, 0) is 42.0 Å². The van der Waals surface area contributed by atoms with Gasteiger partial charge in [0.25, 0.3) is 5.91 Å². The number of nitrogens with one attached hydrogen (secondary N) is 2. The number of carbonyl (C=O) groups excluding carboxylic acids is 2. The zero-order valence-electron chi connectivity index (χ0n) is 17.2. The molecule has 164 valence electrons. The molecule has 3 rings (SSSR count). The van der Waals surface area contributed by atoms with Gasteiger partial charge in [-0.3, -0.25) is 15.0 Å². The predicted molar refractivity (Wildman–Crippen MR) is 124 cm³/mol. The molecule has 0 saturated carbocycles. The highest BCUT2D eigenvalue weighted by atomic mass is 35.5. The van der Waals surface area contributed by atoms with E-state index in [1.807, 2.05) is 0 Å². The summed E-state index contributed by atoms with van der Waals surface area (Å²) in [4.78, 5) is 31.1. The minimum absolute atomic E-state index is 0.121. The molecular formula is C23H19Cl2FN4O2. The van der Waals surface area contributed by atoms with Crippen molar-refractivity contribution in [2.24, 2.45) is 0 Å². The summed E-state index contributed by atoms with van der Waals surface area (Å²) in [5.41, 5.74) is 0.788. The number of carbonyl (C=O) groups is 2. The zero-order valence-corrected chi connectivity index (χ0v) is 18.8. The van der Waals surface area contributed by atoms with Crippen LogP contribution in [0.2, 0.25) is 10.0 Å². The molecule has 1 heterocycles. The largest absolute Gasteiger partial charge is 0.363 e. The maximum Gasteiger partial charge on any atom is 0.257 e. The first kappa shape index (κ1) is 23.4. The van der Waals surface area contributed by atoms with Crippen LogP contribution in [-0.4, -0.2) is 41.5 Å². The van der Waals surface area contributed by atoms with Crippen LogP contribution >= 0.6 is 23.2 Å². The number of hydrogen-bond acceptors (Lipinski definition) is 4. The van der Waals surface area contributed by atoms with Crippen molar-refractivity contribution >= 4 is 46.5 Å². The summed E-state index contributed by atoms with van der Waals surface area (Å²) >= 11 is 11.9. The van der Waals surface area contributed by atoms with Gasteiger partial charge < -0.3 is 10.2 Å². The molecule has 32 heavy (non-hydrogen) atoms. The number of hydrogen-bond donors (Lipinski definition) is 2. The maximum atomic E-state index is 14.6. The average molecular weight is 473 g/mol. The molecule has 0 unspecified atom stereocenters. The molecule has 0 saturated heterocycles. The Morgan fingerprint density at radius 2 is 1.75 bits per heavy atom. The number of amides is 1. The van der Waals surface area contributed by atoms with Crippen molar-refractivity contribution in [3.05, 3.63) is 92.8 Å². The third-order valence-corrected chi connectivity index (χ3v) is 5.09. The molecule has 0 aliphatic rings. The van der Waals surface area contributed by atoms with Crippen LogP contribution in [0.15, 0.2) is 54.7 Å². The first-order valence-electron chi connectivity index (χ1n) is 9.46. The van der Waals surface area contributed by atoms with Crippen LogP contribution in [0.5, 0.6) is 0 Å².